The molecule has 0 aliphatic heterocycles. The van der Waals surface area contributed by atoms with Crippen LogP contribution in [0.25, 0.3) is 0 Å². The van der Waals surface area contributed by atoms with Gasteiger partial charge in [0.05, 0.1) is 19.2 Å². The number of rotatable bonds is 6. The Balaban J connectivity index is 1.91. The number of phenolic OH excluding ortho intramolecular Hbond substituents is 1. The van der Waals surface area contributed by atoms with Crippen molar-refractivity contribution in [2.45, 2.75) is 6.18 Å². The molecule has 1 aromatic carbocycles. The minimum atomic E-state index is -4.46. The molecule has 0 bridgehead atoms. The van der Waals surface area contributed by atoms with E-state index in [0.29, 0.717) is 24.4 Å². The van der Waals surface area contributed by atoms with Gasteiger partial charge < -0.3 is 9.84 Å². The lowest BCUT2D eigenvalue weighted by molar-refractivity contribution is -0.364. The number of pyridine rings is 1. The van der Waals surface area contributed by atoms with Crippen molar-refractivity contribution >= 4 is 23.6 Å². The highest BCUT2D eigenvalue weighted by Crippen LogP contribution is 2.31. The number of aromatic amines is 1. The number of alkyl halides is 3. The van der Waals surface area contributed by atoms with Crippen LogP contribution in [-0.2, 0) is 6.18 Å². The summed E-state index contributed by atoms with van der Waals surface area (Å²) in [5, 5.41) is 12.7. The number of H-pyrrole nitrogens is 1. The number of aromatic hydroxyl groups is 1. The van der Waals surface area contributed by atoms with E-state index in [1.165, 1.54) is 13.3 Å². The van der Waals surface area contributed by atoms with Gasteiger partial charge in [-0.25, -0.2) is 4.98 Å². The summed E-state index contributed by atoms with van der Waals surface area (Å²) in [6.07, 6.45) is -2.13. The fourth-order valence-electron chi connectivity index (χ4n) is 1.98. The molecule has 25 heavy (non-hydrogen) atoms. The molecule has 0 unspecified atom stereocenters. The minimum Gasteiger partial charge on any atom is -0.504 e. The molecule has 0 atom stereocenters. The number of ether oxygens (including phenoxy) is 1. The smallest absolute Gasteiger partial charge is 0.419 e. The molecule has 2 rings (SSSR count). The quantitative estimate of drug-likeness (QED) is 0.601. The Labute approximate surface area is 147 Å². The predicted molar refractivity (Wildman–Crippen MR) is 88.6 cm³/mol. The van der Waals surface area contributed by atoms with Gasteiger partial charge in [-0.2, -0.15) is 13.2 Å². The van der Waals surface area contributed by atoms with Crippen LogP contribution < -0.4 is 15.0 Å². The lowest BCUT2D eigenvalue weighted by Crippen LogP contribution is -2.19. The SMILES string of the molecule is COc1cccc(C=NCCNc2[nH+]cc(C(F)(F)F)cc2Cl)c1O. The van der Waals surface area contributed by atoms with E-state index in [1.807, 2.05) is 0 Å². The van der Waals surface area contributed by atoms with Gasteiger partial charge in [-0.3, -0.25) is 10.3 Å². The van der Waals surface area contributed by atoms with Crippen molar-refractivity contribution in [3.8, 4) is 11.5 Å². The van der Waals surface area contributed by atoms with Crippen LogP contribution in [-0.4, -0.2) is 31.5 Å². The highest BCUT2D eigenvalue weighted by atomic mass is 35.5. The fourth-order valence-corrected chi connectivity index (χ4v) is 2.22. The Morgan fingerprint density at radius 2 is 2.16 bits per heavy atom. The lowest BCUT2D eigenvalue weighted by Gasteiger charge is -2.06. The number of methoxy groups -OCH3 is 1. The molecule has 0 aliphatic carbocycles. The van der Waals surface area contributed by atoms with Gasteiger partial charge >= 0.3 is 6.18 Å². The molecule has 0 saturated heterocycles. The molecule has 0 amide bonds. The molecular formula is C16H16ClF3N3O2+. The van der Waals surface area contributed by atoms with E-state index >= 15 is 0 Å². The van der Waals surface area contributed by atoms with E-state index in [2.05, 4.69) is 15.3 Å². The number of halogens is 4. The van der Waals surface area contributed by atoms with Gasteiger partial charge in [-0.1, -0.05) is 17.7 Å². The lowest BCUT2D eigenvalue weighted by atomic mass is 10.2. The monoisotopic (exact) mass is 374 g/mol. The molecule has 1 aromatic heterocycles. The third-order valence-corrected chi connectivity index (χ3v) is 3.54. The third-order valence-electron chi connectivity index (χ3n) is 3.24. The Morgan fingerprint density at radius 1 is 1.40 bits per heavy atom. The zero-order valence-corrected chi connectivity index (χ0v) is 13.9. The van der Waals surface area contributed by atoms with Crippen LogP contribution in [0.1, 0.15) is 11.1 Å². The van der Waals surface area contributed by atoms with Crippen molar-refractivity contribution in [2.75, 3.05) is 25.5 Å². The van der Waals surface area contributed by atoms with Gasteiger partial charge in [0.1, 0.15) is 17.8 Å². The molecule has 0 fully saturated rings. The molecule has 0 aliphatic rings. The first-order chi connectivity index (χ1) is 11.8. The summed E-state index contributed by atoms with van der Waals surface area (Å²) in [7, 11) is 1.45. The van der Waals surface area contributed by atoms with Gasteiger partial charge in [0.25, 0.3) is 5.82 Å². The van der Waals surface area contributed by atoms with E-state index in [4.69, 9.17) is 16.3 Å². The van der Waals surface area contributed by atoms with Crippen LogP contribution in [0.15, 0.2) is 35.5 Å². The average molecular weight is 375 g/mol. The summed E-state index contributed by atoms with van der Waals surface area (Å²) in [6, 6.07) is 5.86. The number of anilines is 1. The van der Waals surface area contributed by atoms with Gasteiger partial charge in [0.2, 0.25) is 0 Å². The summed E-state index contributed by atoms with van der Waals surface area (Å²) in [4.78, 5) is 6.61. The summed E-state index contributed by atoms with van der Waals surface area (Å²) in [5.41, 5.74) is -0.354. The summed E-state index contributed by atoms with van der Waals surface area (Å²) >= 11 is 5.82. The van der Waals surface area contributed by atoms with Crippen molar-refractivity contribution < 1.29 is 28.0 Å². The maximum Gasteiger partial charge on any atom is 0.419 e. The largest absolute Gasteiger partial charge is 0.504 e. The topological polar surface area (TPSA) is 68.0 Å². The van der Waals surface area contributed by atoms with Crippen LogP contribution in [0.5, 0.6) is 11.5 Å². The number of nitrogens with one attached hydrogen (secondary N) is 2. The number of nitrogens with zero attached hydrogens (tertiary/aromatic N) is 1. The Hall–Kier alpha value is -2.48. The highest BCUT2D eigenvalue weighted by molar-refractivity contribution is 6.32. The van der Waals surface area contributed by atoms with Crippen LogP contribution in [0.4, 0.5) is 19.0 Å². The van der Waals surface area contributed by atoms with E-state index in [1.54, 1.807) is 18.2 Å². The summed E-state index contributed by atoms with van der Waals surface area (Å²) in [5.74, 6) is 0.600. The first-order valence-corrected chi connectivity index (χ1v) is 7.59. The number of benzene rings is 1. The second kappa shape index (κ2) is 8.06. The van der Waals surface area contributed by atoms with Gasteiger partial charge in [-0.05, 0) is 18.2 Å². The number of hydrogen-bond donors (Lipinski definition) is 2. The molecule has 0 spiro atoms. The zero-order valence-electron chi connectivity index (χ0n) is 13.2. The molecule has 1 heterocycles. The van der Waals surface area contributed by atoms with Gasteiger partial charge in [0.15, 0.2) is 11.5 Å². The second-order valence-electron chi connectivity index (χ2n) is 4.97. The normalized spacial score (nSPS) is 11.7. The second-order valence-corrected chi connectivity index (χ2v) is 5.38. The van der Waals surface area contributed by atoms with E-state index < -0.39 is 11.7 Å². The van der Waals surface area contributed by atoms with Crippen LogP contribution in [0, 0.1) is 0 Å². The van der Waals surface area contributed by atoms with Crippen molar-refractivity contribution in [1.82, 2.24) is 0 Å². The average Bonchev–Trinajstić information content (AvgIpc) is 2.56. The predicted octanol–water partition coefficient (Wildman–Crippen LogP) is 3.42. The maximum absolute atomic E-state index is 12.6. The summed E-state index contributed by atoms with van der Waals surface area (Å²) in [6.45, 7) is 0.657. The number of aliphatic imine (C=N–C) groups is 1. The van der Waals surface area contributed by atoms with Crippen LogP contribution in [0.3, 0.4) is 0 Å². The molecule has 9 heteroatoms. The van der Waals surface area contributed by atoms with E-state index in [9.17, 15) is 18.3 Å². The molecule has 3 N–H and O–H groups in total. The fraction of sp³-hybridized carbons (Fsp3) is 0.250. The van der Waals surface area contributed by atoms with E-state index in [-0.39, 0.29) is 16.6 Å². The van der Waals surface area contributed by atoms with Crippen molar-refractivity contribution in [1.29, 1.82) is 0 Å². The molecule has 5 nitrogen and oxygen atoms in total. The van der Waals surface area contributed by atoms with Gasteiger partial charge in [0, 0.05) is 11.8 Å². The molecular weight excluding hydrogens is 359 g/mol. The molecule has 0 saturated carbocycles. The Bertz CT molecular complexity index is 767. The van der Waals surface area contributed by atoms with Crippen LogP contribution >= 0.6 is 11.6 Å². The number of phenols is 1. The third kappa shape index (κ3) is 4.99. The molecule has 134 valence electrons. The molecule has 2 aromatic rings. The standard InChI is InChI=1S/C16H15ClF3N3O2/c1-25-13-4-2-3-10(14(13)24)8-21-5-6-22-15-12(17)7-11(9-23-15)16(18,19)20/h2-4,7-9,24H,5-6H2,1H3,(H,22,23)/p+1. The van der Waals surface area contributed by atoms with Crippen LogP contribution in [0.2, 0.25) is 5.02 Å². The number of para-hydroxylation sites is 1. The summed E-state index contributed by atoms with van der Waals surface area (Å²) < 4.78 is 42.7. The van der Waals surface area contributed by atoms with Crippen molar-refractivity contribution in [3.05, 3.63) is 46.6 Å². The number of hydrogen-bond acceptors (Lipinski definition) is 4. The minimum absolute atomic E-state index is 0.0131. The maximum atomic E-state index is 12.6. The Morgan fingerprint density at radius 3 is 2.80 bits per heavy atom. The van der Waals surface area contributed by atoms with Crippen molar-refractivity contribution in [2.24, 2.45) is 4.99 Å². The zero-order chi connectivity index (χ0) is 18.4. The molecule has 0 radical (unpaired) electrons. The first-order valence-electron chi connectivity index (χ1n) is 7.21. The highest BCUT2D eigenvalue weighted by Gasteiger charge is 2.32. The number of aromatic nitrogens is 1. The van der Waals surface area contributed by atoms with Gasteiger partial charge in [-0.15, -0.1) is 0 Å². The van der Waals surface area contributed by atoms with Crippen molar-refractivity contribution in [3.63, 3.8) is 0 Å². The Kier molecular flexibility index (Phi) is 6.08. The first kappa shape index (κ1) is 18.9. The van der Waals surface area contributed by atoms with E-state index in [0.717, 1.165) is 12.3 Å².